The van der Waals surface area contributed by atoms with Gasteiger partial charge < -0.3 is 9.47 Å². The zero-order valence-electron chi connectivity index (χ0n) is 8.60. The Morgan fingerprint density at radius 2 is 2.20 bits per heavy atom. The highest BCUT2D eigenvalue weighted by Gasteiger charge is 2.24. The predicted octanol–water partition coefficient (Wildman–Crippen LogP) is 2.31. The van der Waals surface area contributed by atoms with Crippen LogP contribution in [0.4, 0.5) is 0 Å². The molecule has 5 heteroatoms. The Bertz CT molecular complexity index is 342. The van der Waals surface area contributed by atoms with Gasteiger partial charge in [0.1, 0.15) is 0 Å². The van der Waals surface area contributed by atoms with E-state index in [0.29, 0.717) is 19.0 Å². The topological polar surface area (TPSA) is 35.5 Å². The van der Waals surface area contributed by atoms with Crippen molar-refractivity contribution in [3.8, 4) is 0 Å². The van der Waals surface area contributed by atoms with E-state index in [-0.39, 0.29) is 6.29 Å². The molecule has 1 saturated heterocycles. The third-order valence-corrected chi connectivity index (χ3v) is 4.70. The number of ether oxygens (including phenoxy) is 2. The molecule has 1 aromatic heterocycles. The fourth-order valence-electron chi connectivity index (χ4n) is 1.49. The van der Waals surface area contributed by atoms with E-state index in [0.717, 1.165) is 16.9 Å². The molecule has 0 radical (unpaired) electrons. The average Bonchev–Trinajstić information content (AvgIpc) is 2.88. The molecule has 2 heterocycles. The van der Waals surface area contributed by atoms with Gasteiger partial charge in [0.05, 0.1) is 28.9 Å². The van der Waals surface area contributed by atoms with Crippen molar-refractivity contribution >= 4 is 22.1 Å². The van der Waals surface area contributed by atoms with Gasteiger partial charge in [0.25, 0.3) is 0 Å². The van der Waals surface area contributed by atoms with Crippen LogP contribution in [-0.2, 0) is 20.3 Å². The first-order valence-corrected chi connectivity index (χ1v) is 7.26. The van der Waals surface area contributed by atoms with Gasteiger partial charge in [-0.05, 0) is 6.42 Å². The lowest BCUT2D eigenvalue weighted by Gasteiger charge is -2.09. The highest BCUT2D eigenvalue weighted by molar-refractivity contribution is 7.85. The first-order chi connectivity index (χ1) is 7.33. The van der Waals surface area contributed by atoms with Crippen LogP contribution in [0, 0.1) is 0 Å². The maximum atomic E-state index is 11.9. The molecule has 2 rings (SSSR count). The van der Waals surface area contributed by atoms with Gasteiger partial charge in [-0.2, -0.15) is 11.3 Å². The molecule has 84 valence electrons. The van der Waals surface area contributed by atoms with Crippen LogP contribution in [0.2, 0.25) is 0 Å². The third-order valence-electron chi connectivity index (χ3n) is 2.17. The van der Waals surface area contributed by atoms with E-state index in [1.165, 1.54) is 0 Å². The van der Waals surface area contributed by atoms with Gasteiger partial charge in [-0.25, -0.2) is 0 Å². The van der Waals surface area contributed by atoms with Gasteiger partial charge in [0.15, 0.2) is 6.29 Å². The Kier molecular flexibility index (Phi) is 3.91. The fourth-order valence-corrected chi connectivity index (χ4v) is 3.88. The molecule has 1 unspecified atom stereocenters. The second-order valence-electron chi connectivity index (χ2n) is 3.31. The Morgan fingerprint density at radius 3 is 2.87 bits per heavy atom. The van der Waals surface area contributed by atoms with Crippen molar-refractivity contribution in [2.75, 3.05) is 19.0 Å². The van der Waals surface area contributed by atoms with Crippen molar-refractivity contribution in [3.05, 3.63) is 16.3 Å². The molecule has 1 aliphatic rings. The number of thiophene rings is 1. The molecule has 0 spiro atoms. The summed E-state index contributed by atoms with van der Waals surface area (Å²) in [4.78, 5) is 0.883. The van der Waals surface area contributed by atoms with Crippen LogP contribution in [-0.4, -0.2) is 23.2 Å². The summed E-state index contributed by atoms with van der Waals surface area (Å²) in [5.74, 6) is 0.705. The number of hydrogen-bond acceptors (Lipinski definition) is 4. The molecule has 3 nitrogen and oxygen atoms in total. The molecule has 1 aromatic rings. The van der Waals surface area contributed by atoms with Crippen molar-refractivity contribution in [1.82, 2.24) is 0 Å². The fraction of sp³-hybridized carbons (Fsp3) is 0.600. The van der Waals surface area contributed by atoms with E-state index >= 15 is 0 Å². The smallest absolute Gasteiger partial charge is 0.185 e. The Hall–Kier alpha value is -0.230. The number of hydrogen-bond donors (Lipinski definition) is 0. The monoisotopic (exact) mass is 246 g/mol. The summed E-state index contributed by atoms with van der Waals surface area (Å²) >= 11 is 1.55. The van der Waals surface area contributed by atoms with Gasteiger partial charge >= 0.3 is 0 Å². The van der Waals surface area contributed by atoms with Crippen LogP contribution in [0.3, 0.4) is 0 Å². The first-order valence-electron chi connectivity index (χ1n) is 5.00. The van der Waals surface area contributed by atoms with Gasteiger partial charge in [-0.15, -0.1) is 0 Å². The maximum absolute atomic E-state index is 11.9. The normalized spacial score (nSPS) is 19.5. The second kappa shape index (κ2) is 5.21. The SMILES string of the molecule is CCCS(=O)c1cscc1C1OCCO1. The van der Waals surface area contributed by atoms with Crippen LogP contribution in [0.15, 0.2) is 15.7 Å². The second-order valence-corrected chi connectivity index (χ2v) is 5.60. The molecule has 1 atom stereocenters. The highest BCUT2D eigenvalue weighted by Crippen LogP contribution is 2.31. The van der Waals surface area contributed by atoms with Crippen LogP contribution in [0.5, 0.6) is 0 Å². The quantitative estimate of drug-likeness (QED) is 0.818. The molecule has 0 aliphatic carbocycles. The van der Waals surface area contributed by atoms with Crippen LogP contribution in [0.1, 0.15) is 25.2 Å². The summed E-state index contributed by atoms with van der Waals surface area (Å²) in [7, 11) is -0.909. The standard InChI is InChI=1S/C10H14O3S2/c1-2-5-15(11)9-7-14-6-8(9)10-12-3-4-13-10/h6-7,10H,2-5H2,1H3. The summed E-state index contributed by atoms with van der Waals surface area (Å²) in [5.41, 5.74) is 0.948. The third kappa shape index (κ3) is 2.47. The molecule has 0 amide bonds. The highest BCUT2D eigenvalue weighted by atomic mass is 32.2. The molecule has 15 heavy (non-hydrogen) atoms. The minimum Gasteiger partial charge on any atom is -0.346 e. The lowest BCUT2D eigenvalue weighted by atomic mass is 10.3. The minimum absolute atomic E-state index is 0.299. The van der Waals surface area contributed by atoms with Crippen LogP contribution < -0.4 is 0 Å². The largest absolute Gasteiger partial charge is 0.346 e. The van der Waals surface area contributed by atoms with Crippen molar-refractivity contribution in [2.24, 2.45) is 0 Å². The van der Waals surface area contributed by atoms with E-state index in [4.69, 9.17) is 9.47 Å². The van der Waals surface area contributed by atoms with Crippen molar-refractivity contribution in [2.45, 2.75) is 24.5 Å². The number of rotatable bonds is 4. The summed E-state index contributed by atoms with van der Waals surface area (Å²) in [6.45, 7) is 3.28. The molecular formula is C10H14O3S2. The van der Waals surface area contributed by atoms with Gasteiger partial charge in [-0.3, -0.25) is 4.21 Å². The first kappa shape index (κ1) is 11.3. The zero-order chi connectivity index (χ0) is 10.7. The Labute approximate surface area is 95.9 Å². The summed E-state index contributed by atoms with van der Waals surface area (Å²) in [5, 5.41) is 3.91. The molecule has 1 fully saturated rings. The van der Waals surface area contributed by atoms with Gasteiger partial charge in [0.2, 0.25) is 0 Å². The molecule has 0 bridgehead atoms. The van der Waals surface area contributed by atoms with Gasteiger partial charge in [0, 0.05) is 22.1 Å². The summed E-state index contributed by atoms with van der Waals surface area (Å²) in [6, 6.07) is 0. The van der Waals surface area contributed by atoms with Crippen molar-refractivity contribution in [3.63, 3.8) is 0 Å². The van der Waals surface area contributed by atoms with Gasteiger partial charge in [-0.1, -0.05) is 6.92 Å². The minimum atomic E-state index is -0.909. The molecule has 0 saturated carbocycles. The van der Waals surface area contributed by atoms with E-state index in [1.807, 2.05) is 17.7 Å². The van der Waals surface area contributed by atoms with Crippen LogP contribution >= 0.6 is 11.3 Å². The molecule has 0 N–H and O–H groups in total. The van der Waals surface area contributed by atoms with E-state index in [1.54, 1.807) is 11.3 Å². The molecule has 0 aromatic carbocycles. The summed E-state index contributed by atoms with van der Waals surface area (Å²) < 4.78 is 22.7. The maximum Gasteiger partial charge on any atom is 0.185 e. The Balaban J connectivity index is 2.17. The van der Waals surface area contributed by atoms with Crippen molar-refractivity contribution in [1.29, 1.82) is 0 Å². The Morgan fingerprint density at radius 1 is 1.47 bits per heavy atom. The molecular weight excluding hydrogens is 232 g/mol. The predicted molar refractivity (Wildman–Crippen MR) is 60.5 cm³/mol. The lowest BCUT2D eigenvalue weighted by molar-refractivity contribution is -0.0457. The van der Waals surface area contributed by atoms with E-state index in [2.05, 4.69) is 0 Å². The van der Waals surface area contributed by atoms with E-state index in [9.17, 15) is 4.21 Å². The molecule has 1 aliphatic heterocycles. The van der Waals surface area contributed by atoms with E-state index < -0.39 is 10.8 Å². The zero-order valence-corrected chi connectivity index (χ0v) is 10.2. The van der Waals surface area contributed by atoms with Crippen molar-refractivity contribution < 1.29 is 13.7 Å². The lowest BCUT2D eigenvalue weighted by Crippen LogP contribution is -2.03. The average molecular weight is 246 g/mol. The van der Waals surface area contributed by atoms with Crippen LogP contribution in [0.25, 0.3) is 0 Å². The summed E-state index contributed by atoms with van der Waals surface area (Å²) in [6.07, 6.45) is 0.626.